The lowest BCUT2D eigenvalue weighted by atomic mass is 10.3. The summed E-state index contributed by atoms with van der Waals surface area (Å²) >= 11 is 13.5. The maximum atomic E-state index is 12.0. The van der Waals surface area contributed by atoms with Crippen LogP contribution >= 0.6 is 35.0 Å². The van der Waals surface area contributed by atoms with E-state index >= 15 is 0 Å². The molecule has 0 aliphatic carbocycles. The molecule has 1 amide bonds. The third kappa shape index (κ3) is 5.98. The van der Waals surface area contributed by atoms with E-state index < -0.39 is 6.10 Å². The number of carbonyl (C=O) groups excluding carboxylic acids is 1. The highest BCUT2D eigenvalue weighted by Crippen LogP contribution is 2.24. The second-order valence-electron chi connectivity index (χ2n) is 4.78. The minimum Gasteiger partial charge on any atom is -0.479 e. The summed E-state index contributed by atoms with van der Waals surface area (Å²) in [6, 6.07) is 14.7. The van der Waals surface area contributed by atoms with Crippen molar-refractivity contribution in [3.05, 3.63) is 58.6 Å². The average Bonchev–Trinajstić information content (AvgIpc) is 2.55. The molecule has 0 radical (unpaired) electrons. The van der Waals surface area contributed by atoms with E-state index in [0.29, 0.717) is 22.3 Å². The van der Waals surface area contributed by atoms with E-state index in [0.717, 1.165) is 10.6 Å². The minimum atomic E-state index is -0.601. The Morgan fingerprint density at radius 3 is 2.57 bits per heavy atom. The quantitative estimate of drug-likeness (QED) is 0.569. The van der Waals surface area contributed by atoms with Gasteiger partial charge in [0.2, 0.25) is 0 Å². The fourth-order valence-electron chi connectivity index (χ4n) is 1.80. The molecule has 0 aliphatic heterocycles. The van der Waals surface area contributed by atoms with Gasteiger partial charge in [-0.25, -0.2) is 0 Å². The van der Waals surface area contributed by atoms with Gasteiger partial charge in [0.15, 0.2) is 6.10 Å². The van der Waals surface area contributed by atoms with Gasteiger partial charge in [0.05, 0.1) is 5.02 Å². The number of nitrogens with one attached hydrogen (secondary N) is 1. The van der Waals surface area contributed by atoms with E-state index in [1.165, 1.54) is 0 Å². The molecular formula is C17H17Cl2NO2S. The van der Waals surface area contributed by atoms with Crippen molar-refractivity contribution in [1.82, 2.24) is 5.32 Å². The minimum absolute atomic E-state index is 0.165. The lowest BCUT2D eigenvalue weighted by molar-refractivity contribution is -0.127. The number of hydrogen-bond donors (Lipinski definition) is 1. The van der Waals surface area contributed by atoms with Crippen molar-refractivity contribution in [1.29, 1.82) is 0 Å². The molecule has 3 nitrogen and oxygen atoms in total. The molecule has 1 atom stereocenters. The predicted molar refractivity (Wildman–Crippen MR) is 96.7 cm³/mol. The van der Waals surface area contributed by atoms with E-state index in [4.69, 9.17) is 27.9 Å². The molecular weight excluding hydrogens is 353 g/mol. The Morgan fingerprint density at radius 2 is 1.87 bits per heavy atom. The van der Waals surface area contributed by atoms with Crippen LogP contribution in [0.1, 0.15) is 6.92 Å². The SMILES string of the molecule is CC(Oc1ccccc1Cl)C(=O)NCCSc1ccc(Cl)cc1. The second-order valence-corrected chi connectivity index (χ2v) is 6.80. The Hall–Kier alpha value is -1.36. The highest BCUT2D eigenvalue weighted by Gasteiger charge is 2.15. The first-order chi connectivity index (χ1) is 11.1. The number of halogens is 2. The molecule has 0 fully saturated rings. The highest BCUT2D eigenvalue weighted by atomic mass is 35.5. The lowest BCUT2D eigenvalue weighted by Gasteiger charge is -2.15. The van der Waals surface area contributed by atoms with Crippen LogP contribution in [0.2, 0.25) is 10.0 Å². The Bertz CT molecular complexity index is 649. The number of amides is 1. The van der Waals surface area contributed by atoms with Crippen LogP contribution in [0.3, 0.4) is 0 Å². The number of rotatable bonds is 7. The zero-order valence-electron chi connectivity index (χ0n) is 12.6. The monoisotopic (exact) mass is 369 g/mol. The zero-order chi connectivity index (χ0) is 16.7. The van der Waals surface area contributed by atoms with Gasteiger partial charge in [-0.3, -0.25) is 4.79 Å². The zero-order valence-corrected chi connectivity index (χ0v) is 14.9. The summed E-state index contributed by atoms with van der Waals surface area (Å²) in [5.74, 6) is 1.11. The molecule has 0 spiro atoms. The average molecular weight is 370 g/mol. The van der Waals surface area contributed by atoms with Gasteiger partial charge in [-0.2, -0.15) is 0 Å². The van der Waals surface area contributed by atoms with Crippen LogP contribution in [0.5, 0.6) is 5.75 Å². The van der Waals surface area contributed by atoms with Crippen LogP contribution in [-0.4, -0.2) is 24.3 Å². The Kier molecular flexibility index (Phi) is 7.09. The number of hydrogen-bond acceptors (Lipinski definition) is 3. The summed E-state index contributed by atoms with van der Waals surface area (Å²) in [5, 5.41) is 4.06. The summed E-state index contributed by atoms with van der Waals surface area (Å²) in [6.07, 6.45) is -0.601. The molecule has 23 heavy (non-hydrogen) atoms. The van der Waals surface area contributed by atoms with Crippen LogP contribution in [0.4, 0.5) is 0 Å². The standard InChI is InChI=1S/C17H17Cl2NO2S/c1-12(22-16-5-3-2-4-15(16)19)17(21)20-10-11-23-14-8-6-13(18)7-9-14/h2-9,12H,10-11H2,1H3,(H,20,21). The van der Waals surface area contributed by atoms with Crippen molar-refractivity contribution in [2.45, 2.75) is 17.9 Å². The summed E-state index contributed by atoms with van der Waals surface area (Å²) in [4.78, 5) is 13.1. The molecule has 2 rings (SSSR count). The Balaban J connectivity index is 1.72. The van der Waals surface area contributed by atoms with E-state index in [2.05, 4.69) is 5.32 Å². The van der Waals surface area contributed by atoms with E-state index in [1.807, 2.05) is 36.4 Å². The normalized spacial score (nSPS) is 11.8. The Labute approximate surface area is 150 Å². The van der Waals surface area contributed by atoms with Gasteiger partial charge in [0.1, 0.15) is 5.75 Å². The molecule has 122 valence electrons. The third-order valence-corrected chi connectivity index (χ3v) is 4.57. The molecule has 1 N–H and O–H groups in total. The highest BCUT2D eigenvalue weighted by molar-refractivity contribution is 7.99. The van der Waals surface area contributed by atoms with Crippen LogP contribution in [0, 0.1) is 0 Å². The second kappa shape index (κ2) is 9.06. The summed E-state index contributed by atoms with van der Waals surface area (Å²) in [7, 11) is 0. The van der Waals surface area contributed by atoms with E-state index in [1.54, 1.807) is 30.8 Å². The smallest absolute Gasteiger partial charge is 0.260 e. The molecule has 0 aliphatic rings. The largest absolute Gasteiger partial charge is 0.479 e. The molecule has 0 bridgehead atoms. The van der Waals surface area contributed by atoms with Crippen molar-refractivity contribution in [3.63, 3.8) is 0 Å². The fourth-order valence-corrected chi connectivity index (χ4v) is 2.88. The first kappa shape index (κ1) is 18.0. The molecule has 0 aromatic heterocycles. The molecule has 2 aromatic rings. The predicted octanol–water partition coefficient (Wildman–Crippen LogP) is 4.67. The number of para-hydroxylation sites is 1. The summed E-state index contributed by atoms with van der Waals surface area (Å²) in [6.45, 7) is 2.26. The van der Waals surface area contributed by atoms with Gasteiger partial charge in [-0.05, 0) is 43.3 Å². The van der Waals surface area contributed by atoms with Crippen LogP contribution in [0.15, 0.2) is 53.4 Å². The van der Waals surface area contributed by atoms with E-state index in [9.17, 15) is 4.79 Å². The molecule has 0 heterocycles. The lowest BCUT2D eigenvalue weighted by Crippen LogP contribution is -2.37. The topological polar surface area (TPSA) is 38.3 Å². The van der Waals surface area contributed by atoms with Crippen LogP contribution < -0.4 is 10.1 Å². The van der Waals surface area contributed by atoms with Crippen molar-refractivity contribution in [2.24, 2.45) is 0 Å². The molecule has 0 saturated carbocycles. The maximum absolute atomic E-state index is 12.0. The number of thioether (sulfide) groups is 1. The van der Waals surface area contributed by atoms with Crippen molar-refractivity contribution < 1.29 is 9.53 Å². The molecule has 1 unspecified atom stereocenters. The number of benzene rings is 2. The molecule has 0 saturated heterocycles. The maximum Gasteiger partial charge on any atom is 0.260 e. The molecule has 2 aromatic carbocycles. The van der Waals surface area contributed by atoms with Gasteiger partial charge in [-0.1, -0.05) is 35.3 Å². The summed E-state index contributed by atoms with van der Waals surface area (Å²) in [5.41, 5.74) is 0. The van der Waals surface area contributed by atoms with Gasteiger partial charge >= 0.3 is 0 Å². The van der Waals surface area contributed by atoms with Crippen LogP contribution in [-0.2, 0) is 4.79 Å². The van der Waals surface area contributed by atoms with Crippen LogP contribution in [0.25, 0.3) is 0 Å². The third-order valence-electron chi connectivity index (χ3n) is 2.99. The van der Waals surface area contributed by atoms with Crippen molar-refractivity contribution in [2.75, 3.05) is 12.3 Å². The van der Waals surface area contributed by atoms with Gasteiger partial charge in [-0.15, -0.1) is 11.8 Å². The number of ether oxygens (including phenoxy) is 1. The van der Waals surface area contributed by atoms with E-state index in [-0.39, 0.29) is 5.91 Å². The van der Waals surface area contributed by atoms with Crippen molar-refractivity contribution in [3.8, 4) is 5.75 Å². The first-order valence-electron chi connectivity index (χ1n) is 7.13. The number of carbonyl (C=O) groups is 1. The summed E-state index contributed by atoms with van der Waals surface area (Å²) < 4.78 is 5.57. The molecule has 6 heteroatoms. The fraction of sp³-hybridized carbons (Fsp3) is 0.235. The first-order valence-corrected chi connectivity index (χ1v) is 8.87. The van der Waals surface area contributed by atoms with Gasteiger partial charge < -0.3 is 10.1 Å². The van der Waals surface area contributed by atoms with Gasteiger partial charge in [0, 0.05) is 22.2 Å². The Morgan fingerprint density at radius 1 is 1.17 bits per heavy atom. The van der Waals surface area contributed by atoms with Crippen molar-refractivity contribution >= 4 is 40.9 Å². The van der Waals surface area contributed by atoms with Gasteiger partial charge in [0.25, 0.3) is 5.91 Å².